The highest BCUT2D eigenvalue weighted by atomic mass is 35.5. The fourth-order valence-corrected chi connectivity index (χ4v) is 2.42. The van der Waals surface area contributed by atoms with Crippen LogP contribution >= 0.6 is 36.4 Å². The summed E-state index contributed by atoms with van der Waals surface area (Å²) in [5.74, 6) is 0.470. The second kappa shape index (κ2) is 9.78. The van der Waals surface area contributed by atoms with Crippen LogP contribution in [0, 0.1) is 11.7 Å². The fourth-order valence-electron chi connectivity index (χ4n) is 2.19. The number of rotatable bonds is 4. The van der Waals surface area contributed by atoms with Crippen LogP contribution in [0.25, 0.3) is 0 Å². The lowest BCUT2D eigenvalue weighted by atomic mass is 9.98. The first kappa shape index (κ1) is 18.9. The molecule has 6 heteroatoms. The smallest absolute Gasteiger partial charge is 0.129 e. The molecule has 1 aliphatic rings. The number of benzene rings is 1. The molecule has 0 bridgehead atoms. The zero-order valence-corrected chi connectivity index (χ0v) is 13.0. The zero-order valence-electron chi connectivity index (χ0n) is 10.6. The lowest BCUT2D eigenvalue weighted by molar-refractivity contribution is 0.355. The summed E-state index contributed by atoms with van der Waals surface area (Å²) in [6, 6.07) is 4.81. The quantitative estimate of drug-likeness (QED) is 0.884. The van der Waals surface area contributed by atoms with Crippen LogP contribution in [-0.4, -0.2) is 19.6 Å². The van der Waals surface area contributed by atoms with Gasteiger partial charge in [0.05, 0.1) is 0 Å². The summed E-state index contributed by atoms with van der Waals surface area (Å²) in [5, 5.41) is 7.14. The Morgan fingerprint density at radius 2 is 1.95 bits per heavy atom. The topological polar surface area (TPSA) is 24.1 Å². The molecule has 0 aromatic heterocycles. The molecule has 0 aliphatic carbocycles. The molecule has 2 N–H and O–H groups in total. The van der Waals surface area contributed by atoms with E-state index in [-0.39, 0.29) is 30.6 Å². The lowest BCUT2D eigenvalue weighted by Gasteiger charge is -2.23. The Morgan fingerprint density at radius 1 is 1.26 bits per heavy atom. The van der Waals surface area contributed by atoms with Gasteiger partial charge in [0.2, 0.25) is 0 Å². The highest BCUT2D eigenvalue weighted by Gasteiger charge is 2.13. The molecule has 1 aliphatic heterocycles. The van der Waals surface area contributed by atoms with Crippen molar-refractivity contribution in [3.8, 4) is 0 Å². The Labute approximate surface area is 131 Å². The average molecular weight is 330 g/mol. The monoisotopic (exact) mass is 328 g/mol. The minimum absolute atomic E-state index is 0. The predicted molar refractivity (Wildman–Crippen MR) is 83.2 cm³/mol. The molecule has 1 heterocycles. The van der Waals surface area contributed by atoms with Crippen molar-refractivity contribution in [3.63, 3.8) is 0 Å². The molecule has 1 aromatic carbocycles. The summed E-state index contributed by atoms with van der Waals surface area (Å²) in [7, 11) is 0. The minimum atomic E-state index is -0.227. The highest BCUT2D eigenvalue weighted by molar-refractivity contribution is 6.31. The van der Waals surface area contributed by atoms with Crippen molar-refractivity contribution in [2.24, 2.45) is 5.92 Å². The third-order valence-electron chi connectivity index (χ3n) is 3.26. The van der Waals surface area contributed by atoms with Crippen LogP contribution in [0.5, 0.6) is 0 Å². The molecule has 1 fully saturated rings. The third-order valence-corrected chi connectivity index (χ3v) is 3.61. The molecule has 2 rings (SSSR count). The van der Waals surface area contributed by atoms with Crippen LogP contribution in [0.4, 0.5) is 4.39 Å². The van der Waals surface area contributed by atoms with Crippen molar-refractivity contribution in [1.82, 2.24) is 10.6 Å². The normalized spacial score (nSPS) is 15.5. The van der Waals surface area contributed by atoms with Crippen molar-refractivity contribution >= 4 is 36.4 Å². The van der Waals surface area contributed by atoms with Gasteiger partial charge in [-0.05, 0) is 50.5 Å². The second-order valence-corrected chi connectivity index (χ2v) is 4.93. The molecule has 0 saturated carbocycles. The summed E-state index contributed by atoms with van der Waals surface area (Å²) in [6.45, 7) is 3.63. The minimum Gasteiger partial charge on any atom is -0.317 e. The molecule has 0 unspecified atom stereocenters. The fraction of sp³-hybridized carbons (Fsp3) is 0.538. The summed E-state index contributed by atoms with van der Waals surface area (Å²) < 4.78 is 13.5. The Hall–Kier alpha value is -0.0600. The number of halogens is 4. The Bertz CT molecular complexity index is 351. The van der Waals surface area contributed by atoms with E-state index in [9.17, 15) is 4.39 Å². The van der Waals surface area contributed by atoms with E-state index < -0.39 is 0 Å². The summed E-state index contributed by atoms with van der Waals surface area (Å²) in [6.07, 6.45) is 2.38. The molecule has 0 radical (unpaired) electrons. The second-order valence-electron chi connectivity index (χ2n) is 4.52. The van der Waals surface area contributed by atoms with Crippen LogP contribution in [0.1, 0.15) is 18.4 Å². The summed E-state index contributed by atoms with van der Waals surface area (Å²) in [5.41, 5.74) is 0.572. The van der Waals surface area contributed by atoms with Crippen molar-refractivity contribution < 1.29 is 4.39 Å². The van der Waals surface area contributed by atoms with Crippen molar-refractivity contribution in [1.29, 1.82) is 0 Å². The van der Waals surface area contributed by atoms with E-state index in [0.717, 1.165) is 19.6 Å². The number of piperidine rings is 1. The molecule has 1 saturated heterocycles. The Balaban J connectivity index is 0.00000162. The van der Waals surface area contributed by atoms with Crippen LogP contribution in [0.15, 0.2) is 18.2 Å². The van der Waals surface area contributed by atoms with Gasteiger partial charge < -0.3 is 10.6 Å². The first-order chi connectivity index (χ1) is 8.27. The van der Waals surface area contributed by atoms with Gasteiger partial charge in [0.25, 0.3) is 0 Å². The van der Waals surface area contributed by atoms with E-state index in [1.54, 1.807) is 12.1 Å². The average Bonchev–Trinajstić information content (AvgIpc) is 2.34. The molecule has 0 amide bonds. The molecule has 19 heavy (non-hydrogen) atoms. The molecule has 110 valence electrons. The van der Waals surface area contributed by atoms with Gasteiger partial charge in [0, 0.05) is 17.1 Å². The molecular weight excluding hydrogens is 310 g/mol. The van der Waals surface area contributed by atoms with Crippen LogP contribution in [0.2, 0.25) is 5.02 Å². The van der Waals surface area contributed by atoms with Gasteiger partial charge in [0.15, 0.2) is 0 Å². The van der Waals surface area contributed by atoms with Crippen molar-refractivity contribution in [2.75, 3.05) is 19.6 Å². The Morgan fingerprint density at radius 3 is 2.58 bits per heavy atom. The van der Waals surface area contributed by atoms with E-state index in [4.69, 9.17) is 11.6 Å². The van der Waals surface area contributed by atoms with Crippen molar-refractivity contribution in [3.05, 3.63) is 34.6 Å². The van der Waals surface area contributed by atoms with Gasteiger partial charge in [-0.2, -0.15) is 0 Å². The molecule has 0 spiro atoms. The predicted octanol–water partition coefficient (Wildman–Crippen LogP) is 3.41. The first-order valence-electron chi connectivity index (χ1n) is 6.11. The van der Waals surface area contributed by atoms with Crippen LogP contribution in [0.3, 0.4) is 0 Å². The summed E-state index contributed by atoms with van der Waals surface area (Å²) >= 11 is 5.96. The van der Waals surface area contributed by atoms with Gasteiger partial charge >= 0.3 is 0 Å². The molecule has 2 nitrogen and oxygen atoms in total. The highest BCUT2D eigenvalue weighted by Crippen LogP contribution is 2.19. The number of hydrogen-bond acceptors (Lipinski definition) is 2. The van der Waals surface area contributed by atoms with Gasteiger partial charge in [-0.25, -0.2) is 4.39 Å². The zero-order chi connectivity index (χ0) is 12.1. The van der Waals surface area contributed by atoms with E-state index in [2.05, 4.69) is 10.6 Å². The standard InChI is InChI=1S/C13H18ClFN2.2ClH/c14-12-2-1-3-13(15)11(12)9-17-8-10-4-6-16-7-5-10;;/h1-3,10,16-17H,4-9H2;2*1H. The van der Waals surface area contributed by atoms with Gasteiger partial charge in [-0.15, -0.1) is 24.8 Å². The Kier molecular flexibility index (Phi) is 9.75. The molecule has 0 atom stereocenters. The van der Waals surface area contributed by atoms with E-state index >= 15 is 0 Å². The number of nitrogens with one attached hydrogen (secondary N) is 2. The summed E-state index contributed by atoms with van der Waals surface area (Å²) in [4.78, 5) is 0. The largest absolute Gasteiger partial charge is 0.317 e. The maximum Gasteiger partial charge on any atom is 0.129 e. The number of hydrogen-bond donors (Lipinski definition) is 2. The first-order valence-corrected chi connectivity index (χ1v) is 6.49. The van der Waals surface area contributed by atoms with E-state index in [1.165, 1.54) is 18.9 Å². The lowest BCUT2D eigenvalue weighted by Crippen LogP contribution is -2.33. The molecular formula is C13H20Cl3FN2. The van der Waals surface area contributed by atoms with Crippen LogP contribution < -0.4 is 10.6 Å². The third kappa shape index (κ3) is 5.84. The van der Waals surface area contributed by atoms with Gasteiger partial charge in [-0.1, -0.05) is 17.7 Å². The van der Waals surface area contributed by atoms with Crippen LogP contribution in [-0.2, 0) is 6.54 Å². The maximum atomic E-state index is 13.5. The van der Waals surface area contributed by atoms with E-state index in [0.29, 0.717) is 23.0 Å². The van der Waals surface area contributed by atoms with Crippen molar-refractivity contribution in [2.45, 2.75) is 19.4 Å². The van der Waals surface area contributed by atoms with Gasteiger partial charge in [0.1, 0.15) is 5.82 Å². The molecule has 1 aromatic rings. The SMILES string of the molecule is Cl.Cl.Fc1cccc(Cl)c1CNCC1CCNCC1. The van der Waals surface area contributed by atoms with E-state index in [1.807, 2.05) is 0 Å². The maximum absolute atomic E-state index is 13.5. The van der Waals surface area contributed by atoms with Gasteiger partial charge in [-0.3, -0.25) is 0 Å².